The van der Waals surface area contributed by atoms with Crippen LogP contribution in [0.15, 0.2) is 0 Å². The van der Waals surface area contributed by atoms with Crippen LogP contribution < -0.4 is 5.32 Å². The lowest BCUT2D eigenvalue weighted by Gasteiger charge is -2.21. The molecular weight excluding hydrogens is 204 g/mol. The Balaban J connectivity index is 2.29. The number of nitrogens with one attached hydrogen (secondary N) is 1. The van der Waals surface area contributed by atoms with Gasteiger partial charge >= 0.3 is 6.09 Å². The average molecular weight is 221 g/mol. The molecule has 1 aliphatic rings. The molecule has 1 fully saturated rings. The molecule has 1 saturated carbocycles. The van der Waals surface area contributed by atoms with Crippen LogP contribution in [0.25, 0.3) is 0 Å². The standard InChI is InChI=1S/C10H17F2NO2/c1-7(10(2,11)12)13-9(14)15-8-5-3-4-6-8/h7-8H,3-6H2,1-2H3,(H,13,14)/t7-/m1/s1. The van der Waals surface area contributed by atoms with Crippen molar-refractivity contribution in [1.29, 1.82) is 0 Å². The molecule has 0 radical (unpaired) electrons. The Labute approximate surface area is 88.2 Å². The highest BCUT2D eigenvalue weighted by molar-refractivity contribution is 5.67. The molecule has 0 heterocycles. The maximum absolute atomic E-state index is 12.7. The molecule has 3 nitrogen and oxygen atoms in total. The van der Waals surface area contributed by atoms with Crippen molar-refractivity contribution in [2.24, 2.45) is 0 Å². The van der Waals surface area contributed by atoms with Gasteiger partial charge in [0.1, 0.15) is 6.10 Å². The Hall–Kier alpha value is -0.870. The maximum atomic E-state index is 12.7. The Bertz CT molecular complexity index is 222. The second-order valence-electron chi connectivity index (χ2n) is 4.13. The third kappa shape index (κ3) is 4.01. The number of hydrogen-bond donors (Lipinski definition) is 1. The minimum Gasteiger partial charge on any atom is -0.446 e. The summed E-state index contributed by atoms with van der Waals surface area (Å²) in [6.45, 7) is 2.03. The summed E-state index contributed by atoms with van der Waals surface area (Å²) < 4.78 is 30.4. The van der Waals surface area contributed by atoms with Crippen molar-refractivity contribution in [1.82, 2.24) is 5.32 Å². The lowest BCUT2D eigenvalue weighted by Crippen LogP contribution is -2.44. The number of hydrogen-bond acceptors (Lipinski definition) is 2. The van der Waals surface area contributed by atoms with E-state index in [2.05, 4.69) is 5.32 Å². The molecule has 0 aliphatic heterocycles. The van der Waals surface area contributed by atoms with Crippen molar-refractivity contribution in [3.05, 3.63) is 0 Å². The van der Waals surface area contributed by atoms with E-state index in [9.17, 15) is 13.6 Å². The zero-order valence-corrected chi connectivity index (χ0v) is 9.06. The quantitative estimate of drug-likeness (QED) is 0.795. The summed E-state index contributed by atoms with van der Waals surface area (Å²) in [5.41, 5.74) is 0. The second kappa shape index (κ2) is 4.77. The van der Waals surface area contributed by atoms with E-state index < -0.39 is 18.1 Å². The highest BCUT2D eigenvalue weighted by Crippen LogP contribution is 2.21. The van der Waals surface area contributed by atoms with E-state index in [4.69, 9.17) is 4.74 Å². The molecule has 0 unspecified atom stereocenters. The summed E-state index contributed by atoms with van der Waals surface area (Å²) in [5.74, 6) is -2.92. The SMILES string of the molecule is C[C@@H](NC(=O)OC1CCCC1)C(C)(F)F. The van der Waals surface area contributed by atoms with Gasteiger partial charge in [-0.1, -0.05) is 0 Å². The summed E-state index contributed by atoms with van der Waals surface area (Å²) in [4.78, 5) is 11.2. The summed E-state index contributed by atoms with van der Waals surface area (Å²) in [7, 11) is 0. The third-order valence-electron chi connectivity index (χ3n) is 2.67. The minimum atomic E-state index is -2.92. The van der Waals surface area contributed by atoms with Gasteiger partial charge in [-0.05, 0) is 32.6 Å². The first-order valence-electron chi connectivity index (χ1n) is 5.24. The van der Waals surface area contributed by atoms with E-state index in [0.717, 1.165) is 32.6 Å². The lowest BCUT2D eigenvalue weighted by molar-refractivity contribution is -0.0143. The van der Waals surface area contributed by atoms with Crippen LogP contribution in [-0.4, -0.2) is 24.2 Å². The average Bonchev–Trinajstić information content (AvgIpc) is 2.54. The largest absolute Gasteiger partial charge is 0.446 e. The van der Waals surface area contributed by atoms with Crippen LogP contribution in [0.3, 0.4) is 0 Å². The van der Waals surface area contributed by atoms with E-state index in [1.807, 2.05) is 0 Å². The van der Waals surface area contributed by atoms with E-state index >= 15 is 0 Å². The molecule has 1 aliphatic carbocycles. The minimum absolute atomic E-state index is 0.0947. The normalized spacial score (nSPS) is 20.0. The van der Waals surface area contributed by atoms with Crippen molar-refractivity contribution in [3.8, 4) is 0 Å². The maximum Gasteiger partial charge on any atom is 0.407 e. The highest BCUT2D eigenvalue weighted by Gasteiger charge is 2.32. The van der Waals surface area contributed by atoms with Crippen LogP contribution in [0, 0.1) is 0 Å². The van der Waals surface area contributed by atoms with Crippen LogP contribution in [0.5, 0.6) is 0 Å². The number of carbonyl (C=O) groups excluding carboxylic acids is 1. The third-order valence-corrected chi connectivity index (χ3v) is 2.67. The number of carbonyl (C=O) groups is 1. The van der Waals surface area contributed by atoms with Crippen molar-refractivity contribution >= 4 is 6.09 Å². The van der Waals surface area contributed by atoms with Gasteiger partial charge < -0.3 is 10.1 Å². The first-order chi connectivity index (χ1) is 6.89. The molecule has 1 amide bonds. The number of halogens is 2. The first kappa shape index (κ1) is 12.2. The first-order valence-corrected chi connectivity index (χ1v) is 5.24. The van der Waals surface area contributed by atoms with Gasteiger partial charge in [0.25, 0.3) is 5.92 Å². The Morgan fingerprint density at radius 1 is 1.47 bits per heavy atom. The van der Waals surface area contributed by atoms with Crippen molar-refractivity contribution in [3.63, 3.8) is 0 Å². The van der Waals surface area contributed by atoms with Crippen molar-refractivity contribution in [2.45, 2.75) is 57.6 Å². The van der Waals surface area contributed by atoms with Crippen LogP contribution in [0.4, 0.5) is 13.6 Å². The zero-order chi connectivity index (χ0) is 11.5. The predicted molar refractivity (Wildman–Crippen MR) is 52.0 cm³/mol. The van der Waals surface area contributed by atoms with Gasteiger partial charge in [-0.15, -0.1) is 0 Å². The van der Waals surface area contributed by atoms with Gasteiger partial charge in [0, 0.05) is 6.92 Å². The summed E-state index contributed by atoms with van der Waals surface area (Å²) in [6.07, 6.45) is 2.92. The van der Waals surface area contributed by atoms with Crippen molar-refractivity contribution in [2.75, 3.05) is 0 Å². The number of ether oxygens (including phenoxy) is 1. The molecule has 1 rings (SSSR count). The number of alkyl carbamates (subject to hydrolysis) is 1. The fourth-order valence-electron chi connectivity index (χ4n) is 1.50. The smallest absolute Gasteiger partial charge is 0.407 e. The highest BCUT2D eigenvalue weighted by atomic mass is 19.3. The molecule has 1 atom stereocenters. The van der Waals surface area contributed by atoms with Gasteiger partial charge in [0.15, 0.2) is 0 Å². The Morgan fingerprint density at radius 3 is 2.47 bits per heavy atom. The fourth-order valence-corrected chi connectivity index (χ4v) is 1.50. The van der Waals surface area contributed by atoms with Gasteiger partial charge in [0.2, 0.25) is 0 Å². The Morgan fingerprint density at radius 2 is 2.00 bits per heavy atom. The van der Waals surface area contributed by atoms with Gasteiger partial charge in [0.05, 0.1) is 6.04 Å². The van der Waals surface area contributed by atoms with Crippen molar-refractivity contribution < 1.29 is 18.3 Å². The molecule has 0 aromatic rings. The van der Waals surface area contributed by atoms with Crippen LogP contribution in [0.1, 0.15) is 39.5 Å². The number of alkyl halides is 2. The summed E-state index contributed by atoms with van der Waals surface area (Å²) in [6, 6.07) is -1.20. The van der Waals surface area contributed by atoms with Crippen LogP contribution in [-0.2, 0) is 4.74 Å². The molecule has 0 spiro atoms. The molecule has 1 N–H and O–H groups in total. The van der Waals surface area contributed by atoms with Crippen LogP contribution in [0.2, 0.25) is 0 Å². The number of rotatable bonds is 3. The summed E-state index contributed by atoms with van der Waals surface area (Å²) >= 11 is 0. The van der Waals surface area contributed by atoms with Gasteiger partial charge in [-0.25, -0.2) is 13.6 Å². The number of amides is 1. The molecule has 5 heteroatoms. The molecule has 15 heavy (non-hydrogen) atoms. The monoisotopic (exact) mass is 221 g/mol. The fraction of sp³-hybridized carbons (Fsp3) is 0.900. The van der Waals surface area contributed by atoms with Gasteiger partial charge in [-0.2, -0.15) is 0 Å². The van der Waals surface area contributed by atoms with E-state index in [1.54, 1.807) is 0 Å². The van der Waals surface area contributed by atoms with E-state index in [1.165, 1.54) is 6.92 Å². The predicted octanol–water partition coefficient (Wildman–Crippen LogP) is 2.70. The molecule has 0 saturated heterocycles. The summed E-state index contributed by atoms with van der Waals surface area (Å²) in [5, 5.41) is 2.14. The molecule has 0 bridgehead atoms. The second-order valence-corrected chi connectivity index (χ2v) is 4.13. The molecule has 88 valence electrons. The Kier molecular flexibility index (Phi) is 3.88. The molecule has 0 aromatic heterocycles. The van der Waals surface area contributed by atoms with Gasteiger partial charge in [-0.3, -0.25) is 0 Å². The lowest BCUT2D eigenvalue weighted by atomic mass is 10.2. The van der Waals surface area contributed by atoms with E-state index in [-0.39, 0.29) is 6.10 Å². The molecule has 0 aromatic carbocycles. The zero-order valence-electron chi connectivity index (χ0n) is 9.06. The molecular formula is C10H17F2NO2. The topological polar surface area (TPSA) is 38.3 Å². The van der Waals surface area contributed by atoms with E-state index in [0.29, 0.717) is 0 Å². The van der Waals surface area contributed by atoms with Crippen LogP contribution >= 0.6 is 0 Å².